The van der Waals surface area contributed by atoms with E-state index in [4.69, 9.17) is 32.9 Å². The lowest BCUT2D eigenvalue weighted by Crippen LogP contribution is -2.29. The van der Waals surface area contributed by atoms with Crippen LogP contribution in [0.3, 0.4) is 0 Å². The van der Waals surface area contributed by atoms with E-state index >= 15 is 0 Å². The highest BCUT2D eigenvalue weighted by molar-refractivity contribution is 7.92. The van der Waals surface area contributed by atoms with Crippen molar-refractivity contribution < 1.29 is 17.9 Å². The Morgan fingerprint density at radius 1 is 0.894 bits per heavy atom. The molecule has 0 unspecified atom stereocenters. The van der Waals surface area contributed by atoms with Crippen molar-refractivity contribution in [3.63, 3.8) is 0 Å². The van der Waals surface area contributed by atoms with Crippen LogP contribution in [-0.4, -0.2) is 37.0 Å². The van der Waals surface area contributed by atoms with E-state index in [2.05, 4.69) is 57.2 Å². The number of imidazole rings is 1. The molecule has 4 aromatic carbocycles. The van der Waals surface area contributed by atoms with Crippen LogP contribution in [0.25, 0.3) is 28.1 Å². The molecule has 1 N–H and O–H groups in total. The summed E-state index contributed by atoms with van der Waals surface area (Å²) in [6.07, 6.45) is 3.33. The van der Waals surface area contributed by atoms with Crippen LogP contribution in [0.5, 0.6) is 5.75 Å². The van der Waals surface area contributed by atoms with Crippen molar-refractivity contribution in [1.29, 1.82) is 0 Å². The minimum absolute atomic E-state index is 0.226. The Hall–Kier alpha value is -4.31. The van der Waals surface area contributed by atoms with Crippen LogP contribution in [0.2, 0.25) is 10.0 Å². The predicted molar refractivity (Wildman–Crippen MR) is 188 cm³/mol. The zero-order valence-corrected chi connectivity index (χ0v) is 28.5. The minimum Gasteiger partial charge on any atom is -0.494 e. The van der Waals surface area contributed by atoms with Crippen LogP contribution in [0, 0.1) is 5.41 Å². The molecule has 0 radical (unpaired) electrons. The first kappa shape index (κ1) is 32.6. The number of carbonyl (C=O) groups excluding carboxylic acids is 1. The van der Waals surface area contributed by atoms with Crippen molar-refractivity contribution in [2.75, 3.05) is 17.5 Å². The largest absolute Gasteiger partial charge is 0.494 e. The number of nitrogens with one attached hydrogen (secondary N) is 1. The number of halogens is 2. The number of hydrogen-bond acceptors (Lipinski definition) is 5. The van der Waals surface area contributed by atoms with Gasteiger partial charge in [0.25, 0.3) is 5.91 Å². The molecule has 1 fully saturated rings. The van der Waals surface area contributed by atoms with Crippen LogP contribution < -0.4 is 13.8 Å². The van der Waals surface area contributed by atoms with E-state index in [1.54, 1.807) is 30.3 Å². The molecule has 1 aromatic heterocycles. The Labute approximate surface area is 285 Å². The molecule has 1 aliphatic heterocycles. The summed E-state index contributed by atoms with van der Waals surface area (Å²) in [5, 5.41) is 0.981. The summed E-state index contributed by atoms with van der Waals surface area (Å²) in [7, 11) is -3.96. The van der Waals surface area contributed by atoms with Gasteiger partial charge < -0.3 is 9.30 Å². The second-order valence-electron chi connectivity index (χ2n) is 12.7. The number of anilines is 1. The smallest absolute Gasteiger partial charge is 0.326 e. The summed E-state index contributed by atoms with van der Waals surface area (Å²) < 4.78 is 36.0. The number of hydrogen-bond donors (Lipinski definition) is 1. The fraction of sp³-hybridized carbons (Fsp3) is 0.222. The second-order valence-corrected chi connectivity index (χ2v) is 15.1. The number of benzene rings is 4. The third-order valence-corrected chi connectivity index (χ3v) is 9.78. The van der Waals surface area contributed by atoms with Crippen molar-refractivity contribution in [1.82, 2.24) is 14.3 Å². The van der Waals surface area contributed by atoms with Gasteiger partial charge in [0.2, 0.25) is 0 Å². The van der Waals surface area contributed by atoms with Gasteiger partial charge in [-0.15, -0.1) is 0 Å². The summed E-state index contributed by atoms with van der Waals surface area (Å²) in [5.41, 5.74) is 5.81. The highest BCUT2D eigenvalue weighted by Crippen LogP contribution is 2.33. The van der Waals surface area contributed by atoms with Gasteiger partial charge in [-0.1, -0.05) is 86.4 Å². The summed E-state index contributed by atoms with van der Waals surface area (Å²) in [6.45, 7) is 7.00. The summed E-state index contributed by atoms with van der Waals surface area (Å²) >= 11 is 12.7. The zero-order chi connectivity index (χ0) is 33.3. The van der Waals surface area contributed by atoms with Gasteiger partial charge in [0.15, 0.2) is 0 Å². The molecule has 8 nitrogen and oxygen atoms in total. The summed E-state index contributed by atoms with van der Waals surface area (Å²) in [4.78, 5) is 16.9. The summed E-state index contributed by atoms with van der Waals surface area (Å²) in [6, 6.07) is 28.7. The lowest BCUT2D eigenvalue weighted by molar-refractivity contribution is -0.117. The fourth-order valence-electron chi connectivity index (χ4n) is 5.28. The molecule has 0 spiro atoms. The Morgan fingerprint density at radius 3 is 2.21 bits per heavy atom. The molecule has 0 bridgehead atoms. The van der Waals surface area contributed by atoms with Gasteiger partial charge in [-0.25, -0.2) is 14.0 Å². The van der Waals surface area contributed by atoms with Crippen molar-refractivity contribution >= 4 is 45.0 Å². The lowest BCUT2D eigenvalue weighted by atomic mass is 9.93. The average Bonchev–Trinajstić information content (AvgIpc) is 3.55. The van der Waals surface area contributed by atoms with Crippen LogP contribution in [0.15, 0.2) is 97.2 Å². The zero-order valence-electron chi connectivity index (χ0n) is 26.2. The highest BCUT2D eigenvalue weighted by Gasteiger charge is 2.34. The van der Waals surface area contributed by atoms with Crippen molar-refractivity contribution in [2.24, 2.45) is 5.41 Å². The molecule has 242 valence electrons. The van der Waals surface area contributed by atoms with Crippen LogP contribution >= 0.6 is 23.2 Å². The standard InChI is InChI=1S/C36H34Cl2N4O4S/c1-36(2,3)17-18-46-30-14-11-26(12-15-30)25-9-7-24(8-10-25)19-34-39-33(31-16-13-27(37)20-32(31)38)22-41(34)28-5-4-6-29(21-28)42-23-35(43)40-47(42,44)45/h4-16,20-22H,17-19,23H2,1-3H3,(H,40,43). The highest BCUT2D eigenvalue weighted by atomic mass is 35.5. The molecule has 0 saturated carbocycles. The van der Waals surface area contributed by atoms with Gasteiger partial charge in [0.1, 0.15) is 18.1 Å². The first-order chi connectivity index (χ1) is 22.3. The normalized spacial score (nSPS) is 14.3. The topological polar surface area (TPSA) is 93.5 Å². The Kier molecular flexibility index (Phi) is 9.07. The molecular formula is C36H34Cl2N4O4S. The van der Waals surface area contributed by atoms with Crippen molar-refractivity contribution in [2.45, 2.75) is 33.6 Å². The van der Waals surface area contributed by atoms with Crippen LogP contribution in [-0.2, 0) is 21.4 Å². The second kappa shape index (κ2) is 13.1. The van der Waals surface area contributed by atoms with Crippen molar-refractivity contribution in [3.8, 4) is 33.8 Å². The maximum atomic E-state index is 12.5. The maximum Gasteiger partial charge on any atom is 0.326 e. The maximum absolute atomic E-state index is 12.5. The molecule has 47 heavy (non-hydrogen) atoms. The molecule has 11 heteroatoms. The average molecular weight is 690 g/mol. The molecule has 5 aromatic rings. The van der Waals surface area contributed by atoms with Gasteiger partial charge in [0, 0.05) is 28.9 Å². The fourth-order valence-corrected chi connectivity index (χ4v) is 6.93. The van der Waals surface area contributed by atoms with E-state index in [9.17, 15) is 13.2 Å². The number of amides is 1. The minimum atomic E-state index is -3.96. The van der Waals surface area contributed by atoms with Gasteiger partial charge in [-0.2, -0.15) is 8.42 Å². The van der Waals surface area contributed by atoms with Crippen molar-refractivity contribution in [3.05, 3.63) is 119 Å². The molecular weight excluding hydrogens is 655 g/mol. The molecule has 6 rings (SSSR count). The predicted octanol–water partition coefficient (Wildman–Crippen LogP) is 8.10. The number of carbonyl (C=O) groups is 1. The van der Waals surface area contributed by atoms with Gasteiger partial charge in [-0.05, 0) is 77.1 Å². The van der Waals surface area contributed by atoms with Gasteiger partial charge in [0.05, 0.1) is 23.0 Å². The van der Waals surface area contributed by atoms with Crippen LogP contribution in [0.1, 0.15) is 38.6 Å². The molecule has 1 aliphatic rings. The first-order valence-electron chi connectivity index (χ1n) is 15.1. The van der Waals surface area contributed by atoms with E-state index in [1.165, 1.54) is 0 Å². The molecule has 1 amide bonds. The quantitative estimate of drug-likeness (QED) is 0.169. The van der Waals surface area contributed by atoms with E-state index < -0.39 is 16.1 Å². The van der Waals surface area contributed by atoms with E-state index in [-0.39, 0.29) is 12.0 Å². The third kappa shape index (κ3) is 7.64. The monoisotopic (exact) mass is 688 g/mol. The number of aromatic nitrogens is 2. The third-order valence-electron chi connectivity index (χ3n) is 7.83. The summed E-state index contributed by atoms with van der Waals surface area (Å²) in [5.74, 6) is 0.987. The van der Waals surface area contributed by atoms with E-state index in [0.29, 0.717) is 51.5 Å². The van der Waals surface area contributed by atoms with E-state index in [1.807, 2.05) is 39.8 Å². The number of ether oxygens (including phenoxy) is 1. The Morgan fingerprint density at radius 2 is 1.57 bits per heavy atom. The Bertz CT molecular complexity index is 2040. The molecule has 1 saturated heterocycles. The van der Waals surface area contributed by atoms with Gasteiger partial charge >= 0.3 is 10.2 Å². The lowest BCUT2D eigenvalue weighted by Gasteiger charge is -2.18. The SMILES string of the molecule is CC(C)(C)CCOc1ccc(-c2ccc(Cc3nc(-c4ccc(Cl)cc4Cl)cn3-c3cccc(N4CC(=O)NS4(=O)=O)c3)cc2)cc1. The van der Waals surface area contributed by atoms with Gasteiger partial charge in [-0.3, -0.25) is 4.79 Å². The number of nitrogens with zero attached hydrogens (tertiary/aromatic N) is 3. The van der Waals surface area contributed by atoms with E-state index in [0.717, 1.165) is 33.2 Å². The Balaban J connectivity index is 1.28. The molecule has 2 heterocycles. The van der Waals surface area contributed by atoms with Crippen LogP contribution in [0.4, 0.5) is 5.69 Å². The molecule has 0 aliphatic carbocycles. The number of rotatable bonds is 9. The first-order valence-corrected chi connectivity index (χ1v) is 17.3. The molecule has 0 atom stereocenters.